The predicted molar refractivity (Wildman–Crippen MR) is 64.8 cm³/mol. The van der Waals surface area contributed by atoms with Crippen LogP contribution >= 0.6 is 0 Å². The van der Waals surface area contributed by atoms with E-state index in [0.29, 0.717) is 26.2 Å². The summed E-state index contributed by atoms with van der Waals surface area (Å²) in [6, 6.07) is 0. The number of nitrogens with zero attached hydrogens (tertiary/aromatic N) is 1. The van der Waals surface area contributed by atoms with Gasteiger partial charge >= 0.3 is 6.18 Å². The van der Waals surface area contributed by atoms with Gasteiger partial charge in [-0.3, -0.25) is 0 Å². The van der Waals surface area contributed by atoms with Crippen LogP contribution in [0.15, 0.2) is 0 Å². The molecule has 3 nitrogen and oxygen atoms in total. The minimum Gasteiger partial charge on any atom is -0.396 e. The molecule has 2 saturated heterocycles. The largest absolute Gasteiger partial charge is 0.396 e. The molecule has 2 aliphatic heterocycles. The number of hydrogen-bond donors (Lipinski definition) is 1. The average Bonchev–Trinajstić information content (AvgIpc) is 2.39. The highest BCUT2D eigenvalue weighted by atomic mass is 19.4. The van der Waals surface area contributed by atoms with Crippen LogP contribution in [0.1, 0.15) is 25.7 Å². The van der Waals surface area contributed by atoms with E-state index in [1.165, 1.54) is 0 Å². The molecule has 0 spiro atoms. The number of likely N-dealkylation sites (tertiary alicyclic amines) is 1. The molecule has 2 aliphatic rings. The van der Waals surface area contributed by atoms with Gasteiger partial charge in [-0.25, -0.2) is 0 Å². The fourth-order valence-electron chi connectivity index (χ4n) is 3.10. The highest BCUT2D eigenvalue weighted by Gasteiger charge is 2.42. The molecule has 0 radical (unpaired) electrons. The molecular weight excluding hydrogens is 259 g/mol. The Balaban J connectivity index is 1.84. The van der Waals surface area contributed by atoms with Gasteiger partial charge in [0.1, 0.15) is 0 Å². The normalized spacial score (nSPS) is 31.6. The molecule has 2 fully saturated rings. The third kappa shape index (κ3) is 3.83. The maximum atomic E-state index is 12.6. The second-order valence-electron chi connectivity index (χ2n) is 5.91. The number of rotatable bonds is 3. The molecule has 1 atom stereocenters. The van der Waals surface area contributed by atoms with E-state index in [4.69, 9.17) is 4.74 Å². The maximum Gasteiger partial charge on any atom is 0.391 e. The van der Waals surface area contributed by atoms with Gasteiger partial charge in [0.25, 0.3) is 0 Å². The Kier molecular flexibility index (Phi) is 4.74. The number of piperidine rings is 1. The summed E-state index contributed by atoms with van der Waals surface area (Å²) >= 11 is 0. The van der Waals surface area contributed by atoms with E-state index >= 15 is 0 Å². The van der Waals surface area contributed by atoms with E-state index in [1.54, 1.807) is 0 Å². The van der Waals surface area contributed by atoms with Gasteiger partial charge in [0.15, 0.2) is 0 Å². The van der Waals surface area contributed by atoms with Crippen molar-refractivity contribution in [2.45, 2.75) is 31.9 Å². The molecule has 0 aromatic heterocycles. The summed E-state index contributed by atoms with van der Waals surface area (Å²) in [5.74, 6) is -1.16. The van der Waals surface area contributed by atoms with Crippen molar-refractivity contribution >= 4 is 0 Å². The van der Waals surface area contributed by atoms with Gasteiger partial charge in [0.2, 0.25) is 0 Å². The van der Waals surface area contributed by atoms with Gasteiger partial charge in [-0.05, 0) is 38.8 Å². The van der Waals surface area contributed by atoms with Crippen LogP contribution in [0.3, 0.4) is 0 Å². The van der Waals surface area contributed by atoms with E-state index in [1.807, 2.05) is 4.90 Å². The Morgan fingerprint density at radius 1 is 1.26 bits per heavy atom. The summed E-state index contributed by atoms with van der Waals surface area (Å²) in [4.78, 5) is 2.05. The number of ether oxygens (including phenoxy) is 1. The zero-order valence-corrected chi connectivity index (χ0v) is 11.1. The van der Waals surface area contributed by atoms with Gasteiger partial charge in [-0.15, -0.1) is 0 Å². The second-order valence-corrected chi connectivity index (χ2v) is 5.91. The molecule has 1 N–H and O–H groups in total. The lowest BCUT2D eigenvalue weighted by atomic mass is 9.82. The summed E-state index contributed by atoms with van der Waals surface area (Å²) in [5, 5.41) is 9.57. The van der Waals surface area contributed by atoms with E-state index in [9.17, 15) is 18.3 Å². The first-order valence-corrected chi connectivity index (χ1v) is 6.93. The number of aliphatic hydroxyl groups excluding tert-OH is 1. The number of alkyl halides is 3. The standard InChI is InChI=1S/C13H22F3NO2/c14-13(15,16)11-2-5-17(6-3-11)8-12(9-18)4-1-7-19-10-12/h11,18H,1-10H2. The molecule has 0 aromatic rings. The molecule has 1 unspecified atom stereocenters. The van der Waals surface area contributed by atoms with Crippen LogP contribution in [-0.4, -0.2) is 55.6 Å². The van der Waals surface area contributed by atoms with Gasteiger partial charge < -0.3 is 14.7 Å². The van der Waals surface area contributed by atoms with Crippen molar-refractivity contribution < 1.29 is 23.0 Å². The number of halogens is 3. The monoisotopic (exact) mass is 281 g/mol. The molecule has 0 aromatic carbocycles. The Morgan fingerprint density at radius 3 is 2.42 bits per heavy atom. The summed E-state index contributed by atoms with van der Waals surface area (Å²) in [6.45, 7) is 2.86. The molecule has 0 saturated carbocycles. The molecule has 6 heteroatoms. The Hall–Kier alpha value is -0.330. The maximum absolute atomic E-state index is 12.6. The third-order valence-corrected chi connectivity index (χ3v) is 4.35. The zero-order valence-electron chi connectivity index (χ0n) is 11.1. The minimum atomic E-state index is -4.06. The molecule has 0 aliphatic carbocycles. The van der Waals surface area contributed by atoms with Crippen LogP contribution < -0.4 is 0 Å². The van der Waals surface area contributed by atoms with Gasteiger partial charge in [-0.2, -0.15) is 13.2 Å². The van der Waals surface area contributed by atoms with Crippen molar-refractivity contribution in [3.05, 3.63) is 0 Å². The topological polar surface area (TPSA) is 32.7 Å². The van der Waals surface area contributed by atoms with Gasteiger partial charge in [0, 0.05) is 18.6 Å². The van der Waals surface area contributed by atoms with Crippen molar-refractivity contribution in [2.75, 3.05) is 39.5 Å². The molecular formula is C13H22F3NO2. The first kappa shape index (κ1) is 15.1. The van der Waals surface area contributed by atoms with Crippen LogP contribution in [0, 0.1) is 11.3 Å². The number of aliphatic hydroxyl groups is 1. The SMILES string of the molecule is OCC1(CN2CCC(C(F)(F)F)CC2)CCCOC1. The number of hydrogen-bond acceptors (Lipinski definition) is 3. The van der Waals surface area contributed by atoms with Crippen molar-refractivity contribution in [3.63, 3.8) is 0 Å². The lowest BCUT2D eigenvalue weighted by Crippen LogP contribution is -2.48. The van der Waals surface area contributed by atoms with Crippen molar-refractivity contribution in [2.24, 2.45) is 11.3 Å². The van der Waals surface area contributed by atoms with Crippen molar-refractivity contribution in [1.29, 1.82) is 0 Å². The van der Waals surface area contributed by atoms with E-state index < -0.39 is 12.1 Å². The molecule has 0 amide bonds. The smallest absolute Gasteiger partial charge is 0.391 e. The summed E-state index contributed by atoms with van der Waals surface area (Å²) in [5.41, 5.74) is -0.274. The first-order chi connectivity index (χ1) is 8.95. The lowest BCUT2D eigenvalue weighted by Gasteiger charge is -2.42. The Labute approximate surface area is 111 Å². The Bertz CT molecular complexity index is 282. The fourth-order valence-corrected chi connectivity index (χ4v) is 3.10. The fraction of sp³-hybridized carbons (Fsp3) is 1.00. The first-order valence-electron chi connectivity index (χ1n) is 6.93. The van der Waals surface area contributed by atoms with Crippen molar-refractivity contribution in [3.8, 4) is 0 Å². The molecule has 2 rings (SSSR count). The van der Waals surface area contributed by atoms with Crippen LogP contribution in [0.4, 0.5) is 13.2 Å². The van der Waals surface area contributed by atoms with Crippen LogP contribution in [0.5, 0.6) is 0 Å². The van der Waals surface area contributed by atoms with E-state index in [0.717, 1.165) is 19.4 Å². The van der Waals surface area contributed by atoms with Crippen LogP contribution in [0.2, 0.25) is 0 Å². The van der Waals surface area contributed by atoms with Crippen molar-refractivity contribution in [1.82, 2.24) is 4.90 Å². The lowest BCUT2D eigenvalue weighted by molar-refractivity contribution is -0.186. The summed E-state index contributed by atoms with van der Waals surface area (Å²) < 4.78 is 43.2. The Morgan fingerprint density at radius 2 is 1.95 bits per heavy atom. The van der Waals surface area contributed by atoms with Gasteiger partial charge in [-0.1, -0.05) is 0 Å². The van der Waals surface area contributed by atoms with Crippen LogP contribution in [-0.2, 0) is 4.74 Å². The minimum absolute atomic E-state index is 0.0478. The quantitative estimate of drug-likeness (QED) is 0.859. The van der Waals surface area contributed by atoms with Crippen LogP contribution in [0.25, 0.3) is 0 Å². The highest BCUT2D eigenvalue weighted by molar-refractivity contribution is 4.87. The van der Waals surface area contributed by atoms with Gasteiger partial charge in [0.05, 0.1) is 19.1 Å². The average molecular weight is 281 g/mol. The second kappa shape index (κ2) is 5.97. The molecule has 112 valence electrons. The zero-order chi connectivity index (χ0) is 13.9. The molecule has 0 bridgehead atoms. The summed E-state index contributed by atoms with van der Waals surface area (Å²) in [7, 11) is 0. The predicted octanol–water partition coefficient (Wildman–Crippen LogP) is 2.05. The van der Waals surface area contributed by atoms with E-state index in [2.05, 4.69) is 0 Å². The summed E-state index contributed by atoms with van der Waals surface area (Å²) in [6.07, 6.45) is -1.91. The van der Waals surface area contributed by atoms with E-state index in [-0.39, 0.29) is 24.9 Å². The molecule has 19 heavy (non-hydrogen) atoms. The third-order valence-electron chi connectivity index (χ3n) is 4.35. The highest BCUT2D eigenvalue weighted by Crippen LogP contribution is 2.36. The molecule has 2 heterocycles.